The minimum atomic E-state index is 0.340. The van der Waals surface area contributed by atoms with Crippen molar-refractivity contribution in [2.45, 2.75) is 52.2 Å². The summed E-state index contributed by atoms with van der Waals surface area (Å²) in [5, 5.41) is 3.52. The van der Waals surface area contributed by atoms with Crippen LogP contribution in [0.25, 0.3) is 0 Å². The van der Waals surface area contributed by atoms with Gasteiger partial charge in [0.05, 0.1) is 12.7 Å². The van der Waals surface area contributed by atoms with Crippen molar-refractivity contribution in [2.75, 3.05) is 26.4 Å². The lowest BCUT2D eigenvalue weighted by atomic mass is 9.93. The molecule has 0 saturated carbocycles. The summed E-state index contributed by atoms with van der Waals surface area (Å²) >= 11 is 0. The summed E-state index contributed by atoms with van der Waals surface area (Å²) in [5.74, 6) is 0.849. The molecule has 0 aromatic carbocycles. The molecule has 1 aliphatic heterocycles. The lowest BCUT2D eigenvalue weighted by Gasteiger charge is -2.25. The molecule has 0 aliphatic carbocycles. The monoisotopic (exact) mass is 229 g/mol. The van der Waals surface area contributed by atoms with Crippen molar-refractivity contribution in [3.63, 3.8) is 0 Å². The molecule has 1 unspecified atom stereocenters. The highest BCUT2D eigenvalue weighted by molar-refractivity contribution is 4.70. The van der Waals surface area contributed by atoms with Gasteiger partial charge in [0.15, 0.2) is 0 Å². The minimum Gasteiger partial charge on any atom is -0.381 e. The molecule has 0 aromatic rings. The van der Waals surface area contributed by atoms with Crippen LogP contribution in [0.15, 0.2) is 0 Å². The standard InChI is InChI=1S/C13H27NO2/c1-11(2)16-9-6-14-12(3)10-13-4-7-15-8-5-13/h11-14H,4-10H2,1-3H3. The van der Waals surface area contributed by atoms with Gasteiger partial charge < -0.3 is 14.8 Å². The van der Waals surface area contributed by atoms with Crippen LogP contribution in [0, 0.1) is 5.92 Å². The molecule has 1 N–H and O–H groups in total. The zero-order chi connectivity index (χ0) is 11.8. The molecule has 1 aliphatic rings. The van der Waals surface area contributed by atoms with Gasteiger partial charge in [0.1, 0.15) is 0 Å². The van der Waals surface area contributed by atoms with Crippen LogP contribution >= 0.6 is 0 Å². The van der Waals surface area contributed by atoms with E-state index in [0.29, 0.717) is 12.1 Å². The van der Waals surface area contributed by atoms with E-state index in [1.54, 1.807) is 0 Å². The van der Waals surface area contributed by atoms with Crippen LogP contribution in [0.2, 0.25) is 0 Å². The molecule has 16 heavy (non-hydrogen) atoms. The first-order chi connectivity index (χ1) is 7.68. The van der Waals surface area contributed by atoms with E-state index in [1.165, 1.54) is 19.3 Å². The Labute approximate surface area is 99.9 Å². The van der Waals surface area contributed by atoms with Gasteiger partial charge in [0.2, 0.25) is 0 Å². The van der Waals surface area contributed by atoms with Crippen molar-refractivity contribution in [3.05, 3.63) is 0 Å². The van der Waals surface area contributed by atoms with E-state index in [2.05, 4.69) is 26.1 Å². The zero-order valence-corrected chi connectivity index (χ0v) is 11.0. The van der Waals surface area contributed by atoms with Crippen molar-refractivity contribution >= 4 is 0 Å². The largest absolute Gasteiger partial charge is 0.381 e. The Hall–Kier alpha value is -0.120. The molecular weight excluding hydrogens is 202 g/mol. The number of ether oxygens (including phenoxy) is 2. The molecule has 0 radical (unpaired) electrons. The van der Waals surface area contributed by atoms with Crippen LogP contribution in [0.4, 0.5) is 0 Å². The molecule has 1 rings (SSSR count). The molecule has 1 fully saturated rings. The quantitative estimate of drug-likeness (QED) is 0.679. The van der Waals surface area contributed by atoms with E-state index in [1.807, 2.05) is 0 Å². The van der Waals surface area contributed by atoms with Gasteiger partial charge in [0.25, 0.3) is 0 Å². The Balaban J connectivity index is 1.99. The van der Waals surface area contributed by atoms with Crippen LogP contribution in [0.1, 0.15) is 40.0 Å². The molecular formula is C13H27NO2. The van der Waals surface area contributed by atoms with E-state index in [0.717, 1.165) is 32.3 Å². The van der Waals surface area contributed by atoms with Gasteiger partial charge >= 0.3 is 0 Å². The van der Waals surface area contributed by atoms with Gasteiger partial charge in [-0.15, -0.1) is 0 Å². The van der Waals surface area contributed by atoms with Gasteiger partial charge in [-0.2, -0.15) is 0 Å². The average Bonchev–Trinajstić information content (AvgIpc) is 2.25. The fraction of sp³-hybridized carbons (Fsp3) is 1.00. The first-order valence-electron chi connectivity index (χ1n) is 6.61. The summed E-state index contributed by atoms with van der Waals surface area (Å²) in [6.45, 7) is 10.1. The molecule has 3 heteroatoms. The highest BCUT2D eigenvalue weighted by atomic mass is 16.5. The number of hydrogen-bond acceptors (Lipinski definition) is 3. The Bertz CT molecular complexity index is 167. The zero-order valence-electron chi connectivity index (χ0n) is 11.0. The second kappa shape index (κ2) is 8.04. The molecule has 1 atom stereocenters. The Morgan fingerprint density at radius 2 is 1.94 bits per heavy atom. The Kier molecular flexibility index (Phi) is 7.01. The summed E-state index contributed by atoms with van der Waals surface area (Å²) in [6, 6.07) is 0.596. The van der Waals surface area contributed by atoms with Crippen LogP contribution in [-0.4, -0.2) is 38.5 Å². The lowest BCUT2D eigenvalue weighted by Crippen LogP contribution is -2.33. The predicted octanol–water partition coefficient (Wildman–Crippen LogP) is 2.21. The summed E-state index contributed by atoms with van der Waals surface area (Å²) < 4.78 is 10.9. The second-order valence-corrected chi connectivity index (χ2v) is 5.07. The summed E-state index contributed by atoms with van der Waals surface area (Å²) in [7, 11) is 0. The highest BCUT2D eigenvalue weighted by Gasteiger charge is 2.16. The minimum absolute atomic E-state index is 0.340. The Morgan fingerprint density at radius 1 is 1.25 bits per heavy atom. The van der Waals surface area contributed by atoms with E-state index in [4.69, 9.17) is 9.47 Å². The molecule has 96 valence electrons. The summed E-state index contributed by atoms with van der Waals surface area (Å²) in [6.07, 6.45) is 4.07. The van der Waals surface area contributed by atoms with E-state index < -0.39 is 0 Å². The van der Waals surface area contributed by atoms with Crippen molar-refractivity contribution in [2.24, 2.45) is 5.92 Å². The van der Waals surface area contributed by atoms with Crippen molar-refractivity contribution < 1.29 is 9.47 Å². The maximum atomic E-state index is 5.50. The molecule has 0 spiro atoms. The number of nitrogens with one attached hydrogen (secondary N) is 1. The van der Waals surface area contributed by atoms with Crippen molar-refractivity contribution in [3.8, 4) is 0 Å². The smallest absolute Gasteiger partial charge is 0.0594 e. The average molecular weight is 229 g/mol. The molecule has 0 aromatic heterocycles. The predicted molar refractivity (Wildman–Crippen MR) is 66.7 cm³/mol. The normalized spacial score (nSPS) is 20.2. The van der Waals surface area contributed by atoms with E-state index in [9.17, 15) is 0 Å². The molecule has 1 saturated heterocycles. The maximum Gasteiger partial charge on any atom is 0.0594 e. The third-order valence-electron chi connectivity index (χ3n) is 3.07. The molecule has 3 nitrogen and oxygen atoms in total. The Morgan fingerprint density at radius 3 is 2.56 bits per heavy atom. The van der Waals surface area contributed by atoms with Gasteiger partial charge in [0, 0.05) is 25.8 Å². The topological polar surface area (TPSA) is 30.5 Å². The SMILES string of the molecule is CC(CC1CCOCC1)NCCOC(C)C. The molecule has 0 bridgehead atoms. The maximum absolute atomic E-state index is 5.50. The third kappa shape index (κ3) is 6.46. The third-order valence-corrected chi connectivity index (χ3v) is 3.07. The molecule has 1 heterocycles. The van der Waals surface area contributed by atoms with E-state index >= 15 is 0 Å². The fourth-order valence-corrected chi connectivity index (χ4v) is 2.17. The van der Waals surface area contributed by atoms with Gasteiger partial charge in [-0.25, -0.2) is 0 Å². The van der Waals surface area contributed by atoms with Crippen LogP contribution in [0.5, 0.6) is 0 Å². The summed E-state index contributed by atoms with van der Waals surface area (Å²) in [5.41, 5.74) is 0. The van der Waals surface area contributed by atoms with Crippen LogP contribution in [-0.2, 0) is 9.47 Å². The highest BCUT2D eigenvalue weighted by Crippen LogP contribution is 2.19. The first kappa shape index (κ1) is 13.9. The van der Waals surface area contributed by atoms with Crippen LogP contribution in [0.3, 0.4) is 0 Å². The van der Waals surface area contributed by atoms with Gasteiger partial charge in [-0.05, 0) is 46.0 Å². The molecule has 0 amide bonds. The van der Waals surface area contributed by atoms with Gasteiger partial charge in [-0.3, -0.25) is 0 Å². The second-order valence-electron chi connectivity index (χ2n) is 5.07. The van der Waals surface area contributed by atoms with E-state index in [-0.39, 0.29) is 0 Å². The van der Waals surface area contributed by atoms with Gasteiger partial charge in [-0.1, -0.05) is 0 Å². The number of hydrogen-bond donors (Lipinski definition) is 1. The first-order valence-corrected chi connectivity index (χ1v) is 6.61. The number of rotatable bonds is 7. The van der Waals surface area contributed by atoms with Crippen molar-refractivity contribution in [1.29, 1.82) is 0 Å². The van der Waals surface area contributed by atoms with Crippen LogP contribution < -0.4 is 5.32 Å². The fourth-order valence-electron chi connectivity index (χ4n) is 2.17. The summed E-state index contributed by atoms with van der Waals surface area (Å²) in [4.78, 5) is 0. The lowest BCUT2D eigenvalue weighted by molar-refractivity contribution is 0.0589. The van der Waals surface area contributed by atoms with Crippen molar-refractivity contribution in [1.82, 2.24) is 5.32 Å².